The number of rotatable bonds is 4. The monoisotopic (exact) mass is 432 g/mol. The van der Waals surface area contributed by atoms with Crippen molar-refractivity contribution in [3.8, 4) is 0 Å². The summed E-state index contributed by atoms with van der Waals surface area (Å²) < 4.78 is 0.794. The van der Waals surface area contributed by atoms with Gasteiger partial charge in [0.2, 0.25) is 5.82 Å². The molecule has 0 aliphatic carbocycles. The van der Waals surface area contributed by atoms with Crippen LogP contribution >= 0.6 is 15.9 Å². The summed E-state index contributed by atoms with van der Waals surface area (Å²) in [6.07, 6.45) is 0. The van der Waals surface area contributed by atoms with Crippen LogP contribution in [0.25, 0.3) is 10.9 Å². The fraction of sp³-hybridized carbons (Fsp3) is 0.0455. The Labute approximate surface area is 171 Å². The van der Waals surface area contributed by atoms with Crippen LogP contribution in [0.4, 0.5) is 17.2 Å². The minimum Gasteiger partial charge on any atom is -0.340 e. The second kappa shape index (κ2) is 7.78. The van der Waals surface area contributed by atoms with Gasteiger partial charge in [-0.3, -0.25) is 4.79 Å². The van der Waals surface area contributed by atoms with Crippen molar-refractivity contribution in [2.45, 2.75) is 6.92 Å². The van der Waals surface area contributed by atoms with Crippen LogP contribution in [0.5, 0.6) is 0 Å². The number of aryl methyl sites for hydroxylation is 1. The van der Waals surface area contributed by atoms with E-state index in [1.807, 2.05) is 79.7 Å². The quantitative estimate of drug-likeness (QED) is 0.434. The zero-order valence-electron chi connectivity index (χ0n) is 15.1. The number of nitrogens with one attached hydrogen (secondary N) is 2. The Morgan fingerprint density at radius 2 is 1.71 bits per heavy atom. The molecule has 0 aliphatic rings. The van der Waals surface area contributed by atoms with Crippen molar-refractivity contribution >= 4 is 49.9 Å². The lowest BCUT2D eigenvalue weighted by atomic mass is 10.2. The summed E-state index contributed by atoms with van der Waals surface area (Å²) in [5, 5.41) is 7.02. The van der Waals surface area contributed by atoms with E-state index in [0.29, 0.717) is 17.0 Å². The molecular formula is C22H17BrN4O. The molecule has 138 valence electrons. The number of hydrogen-bond donors (Lipinski definition) is 2. The van der Waals surface area contributed by atoms with E-state index in [1.165, 1.54) is 0 Å². The molecule has 1 heterocycles. The van der Waals surface area contributed by atoms with Crippen LogP contribution in [0.1, 0.15) is 16.2 Å². The third-order valence-electron chi connectivity index (χ3n) is 4.21. The highest BCUT2D eigenvalue weighted by atomic mass is 79.9. The molecule has 2 N–H and O–H groups in total. The second-order valence-electron chi connectivity index (χ2n) is 6.34. The molecule has 1 aromatic heterocycles. The lowest BCUT2D eigenvalue weighted by Gasteiger charge is -2.12. The highest BCUT2D eigenvalue weighted by Crippen LogP contribution is 2.25. The molecule has 0 saturated heterocycles. The van der Waals surface area contributed by atoms with E-state index in [0.717, 1.165) is 21.1 Å². The fourth-order valence-electron chi connectivity index (χ4n) is 2.87. The smallest absolute Gasteiger partial charge is 0.293 e. The van der Waals surface area contributed by atoms with Crippen molar-refractivity contribution in [3.63, 3.8) is 0 Å². The lowest BCUT2D eigenvalue weighted by Crippen LogP contribution is -2.17. The number of para-hydroxylation sites is 2. The van der Waals surface area contributed by atoms with Crippen molar-refractivity contribution in [1.82, 2.24) is 9.97 Å². The molecule has 0 saturated carbocycles. The number of benzene rings is 3. The van der Waals surface area contributed by atoms with Crippen LogP contribution < -0.4 is 10.6 Å². The molecule has 0 spiro atoms. The second-order valence-corrected chi connectivity index (χ2v) is 7.20. The molecule has 4 aromatic rings. The number of fused-ring (bicyclic) bond motifs is 1. The van der Waals surface area contributed by atoms with Gasteiger partial charge in [0.15, 0.2) is 0 Å². The van der Waals surface area contributed by atoms with E-state index in [4.69, 9.17) is 0 Å². The first kappa shape index (κ1) is 18.1. The number of aromatic nitrogens is 2. The van der Waals surface area contributed by atoms with Crippen LogP contribution in [0.3, 0.4) is 0 Å². The normalized spacial score (nSPS) is 10.6. The maximum atomic E-state index is 12.8. The molecule has 1 amide bonds. The van der Waals surface area contributed by atoms with E-state index in [9.17, 15) is 4.79 Å². The Morgan fingerprint density at radius 1 is 0.929 bits per heavy atom. The van der Waals surface area contributed by atoms with Gasteiger partial charge in [-0.1, -0.05) is 36.4 Å². The van der Waals surface area contributed by atoms with Crippen LogP contribution in [-0.2, 0) is 0 Å². The lowest BCUT2D eigenvalue weighted by molar-refractivity contribution is 0.101. The zero-order valence-corrected chi connectivity index (χ0v) is 16.7. The topological polar surface area (TPSA) is 66.9 Å². The van der Waals surface area contributed by atoms with Crippen LogP contribution in [0.15, 0.2) is 77.3 Å². The molecule has 3 aromatic carbocycles. The Morgan fingerprint density at radius 3 is 2.54 bits per heavy atom. The third kappa shape index (κ3) is 3.87. The molecule has 0 aliphatic heterocycles. The highest BCUT2D eigenvalue weighted by molar-refractivity contribution is 9.10. The first-order valence-corrected chi connectivity index (χ1v) is 9.56. The number of hydrogen-bond acceptors (Lipinski definition) is 4. The number of carbonyl (C=O) groups is 1. The van der Waals surface area contributed by atoms with Crippen molar-refractivity contribution < 1.29 is 4.79 Å². The van der Waals surface area contributed by atoms with Gasteiger partial charge in [0, 0.05) is 15.5 Å². The minimum absolute atomic E-state index is 0.101. The number of amides is 1. The van der Waals surface area contributed by atoms with Gasteiger partial charge in [0.1, 0.15) is 5.82 Å². The third-order valence-corrected chi connectivity index (χ3v) is 4.90. The number of carbonyl (C=O) groups excluding carboxylic acids is 1. The fourth-order valence-corrected chi connectivity index (χ4v) is 3.26. The van der Waals surface area contributed by atoms with Gasteiger partial charge in [-0.05, 0) is 64.8 Å². The van der Waals surface area contributed by atoms with E-state index < -0.39 is 0 Å². The van der Waals surface area contributed by atoms with E-state index in [-0.39, 0.29) is 11.7 Å². The molecule has 4 rings (SSSR count). The van der Waals surface area contributed by atoms with Crippen LogP contribution in [-0.4, -0.2) is 15.9 Å². The van der Waals surface area contributed by atoms with Crippen molar-refractivity contribution in [1.29, 1.82) is 0 Å². The summed E-state index contributed by atoms with van der Waals surface area (Å²) in [6.45, 7) is 2.03. The molecular weight excluding hydrogens is 416 g/mol. The van der Waals surface area contributed by atoms with E-state index in [2.05, 4.69) is 36.5 Å². The summed E-state index contributed by atoms with van der Waals surface area (Å²) in [5.41, 5.74) is 3.40. The minimum atomic E-state index is -0.370. The first-order valence-electron chi connectivity index (χ1n) is 8.76. The predicted molar refractivity (Wildman–Crippen MR) is 116 cm³/mol. The van der Waals surface area contributed by atoms with Gasteiger partial charge in [-0.25, -0.2) is 9.97 Å². The van der Waals surface area contributed by atoms with Crippen LogP contribution in [0, 0.1) is 6.92 Å². The summed E-state index contributed by atoms with van der Waals surface area (Å²) in [6, 6.07) is 23.0. The molecule has 5 nitrogen and oxygen atoms in total. The zero-order chi connectivity index (χ0) is 19.5. The Kier molecular flexibility index (Phi) is 5.04. The first-order chi connectivity index (χ1) is 13.6. The molecule has 28 heavy (non-hydrogen) atoms. The molecule has 0 bridgehead atoms. The largest absolute Gasteiger partial charge is 0.340 e. The van der Waals surface area contributed by atoms with E-state index >= 15 is 0 Å². The van der Waals surface area contributed by atoms with Gasteiger partial charge in [-0.15, -0.1) is 0 Å². The molecule has 0 unspecified atom stereocenters. The average Bonchev–Trinajstić information content (AvgIpc) is 2.69. The highest BCUT2D eigenvalue weighted by Gasteiger charge is 2.15. The van der Waals surface area contributed by atoms with Gasteiger partial charge in [-0.2, -0.15) is 0 Å². The van der Waals surface area contributed by atoms with E-state index in [1.54, 1.807) is 0 Å². The maximum absolute atomic E-state index is 12.8. The van der Waals surface area contributed by atoms with Crippen molar-refractivity contribution in [3.05, 3.63) is 88.7 Å². The van der Waals surface area contributed by atoms with Gasteiger partial charge in [0.05, 0.1) is 11.2 Å². The number of halogens is 1. The summed E-state index contributed by atoms with van der Waals surface area (Å²) in [7, 11) is 0. The Balaban J connectivity index is 1.73. The summed E-state index contributed by atoms with van der Waals surface area (Å²) >= 11 is 3.43. The van der Waals surface area contributed by atoms with Gasteiger partial charge in [0.25, 0.3) is 5.91 Å². The Bertz CT molecular complexity index is 1180. The number of nitrogens with zero attached hydrogens (tertiary/aromatic N) is 2. The molecule has 0 fully saturated rings. The standard InChI is InChI=1S/C22H17BrN4O/c1-14-7-6-8-15(13-14)24-20-16-9-2-4-11-18(16)25-21(27-20)22(28)26-19-12-5-3-10-17(19)23/h2-13H,1H3,(H,26,28)(H,24,25,27). The Hall–Kier alpha value is -3.25. The average molecular weight is 433 g/mol. The molecule has 6 heteroatoms. The SMILES string of the molecule is Cc1cccc(Nc2nc(C(=O)Nc3ccccc3Br)nc3ccccc23)c1. The molecule has 0 atom stereocenters. The summed E-state index contributed by atoms with van der Waals surface area (Å²) in [5.74, 6) is 0.322. The van der Waals surface area contributed by atoms with Gasteiger partial charge >= 0.3 is 0 Å². The van der Waals surface area contributed by atoms with Crippen molar-refractivity contribution in [2.75, 3.05) is 10.6 Å². The maximum Gasteiger partial charge on any atom is 0.293 e. The van der Waals surface area contributed by atoms with Gasteiger partial charge < -0.3 is 10.6 Å². The summed E-state index contributed by atoms with van der Waals surface area (Å²) in [4.78, 5) is 21.7. The number of anilines is 3. The molecule has 0 radical (unpaired) electrons. The predicted octanol–water partition coefficient (Wildman–Crippen LogP) is 5.70. The van der Waals surface area contributed by atoms with Crippen LogP contribution in [0.2, 0.25) is 0 Å². The van der Waals surface area contributed by atoms with Crippen molar-refractivity contribution in [2.24, 2.45) is 0 Å².